The average Bonchev–Trinajstić information content (AvgIpc) is 2.82. The minimum atomic E-state index is -0.564. The van der Waals surface area contributed by atoms with E-state index >= 15 is 0 Å². The van der Waals surface area contributed by atoms with E-state index < -0.39 is 6.10 Å². The summed E-state index contributed by atoms with van der Waals surface area (Å²) in [6.45, 7) is 6.18. The molecule has 18 heavy (non-hydrogen) atoms. The van der Waals surface area contributed by atoms with Gasteiger partial charge in [0.1, 0.15) is 17.6 Å². The molecule has 1 aromatic heterocycles. The summed E-state index contributed by atoms with van der Waals surface area (Å²) >= 11 is 0. The van der Waals surface area contributed by atoms with Crippen LogP contribution in [0.5, 0.6) is 0 Å². The van der Waals surface area contributed by atoms with Gasteiger partial charge in [-0.1, -0.05) is 30.7 Å². The first kappa shape index (κ1) is 12.9. The molecule has 2 nitrogen and oxygen atoms in total. The first-order chi connectivity index (χ1) is 8.60. The Kier molecular flexibility index (Phi) is 3.87. The van der Waals surface area contributed by atoms with E-state index in [0.29, 0.717) is 12.2 Å². The number of aliphatic hydroxyl groups excluding tert-OH is 1. The molecule has 1 aromatic carbocycles. The topological polar surface area (TPSA) is 33.4 Å². The van der Waals surface area contributed by atoms with Gasteiger partial charge >= 0.3 is 0 Å². The lowest BCUT2D eigenvalue weighted by molar-refractivity contribution is 0.148. The minimum Gasteiger partial charge on any atom is -0.463 e. The van der Waals surface area contributed by atoms with Crippen LogP contribution in [0.3, 0.4) is 0 Å². The molecule has 0 aliphatic rings. The fourth-order valence-electron chi connectivity index (χ4n) is 2.09. The van der Waals surface area contributed by atoms with Crippen molar-refractivity contribution in [1.82, 2.24) is 0 Å². The first-order valence-corrected chi connectivity index (χ1v) is 6.43. The first-order valence-electron chi connectivity index (χ1n) is 6.43. The van der Waals surface area contributed by atoms with Crippen molar-refractivity contribution >= 4 is 0 Å². The van der Waals surface area contributed by atoms with Gasteiger partial charge in [-0.15, -0.1) is 0 Å². The fourth-order valence-corrected chi connectivity index (χ4v) is 2.09. The summed E-state index contributed by atoms with van der Waals surface area (Å²) in [6, 6.07) is 10.1. The van der Waals surface area contributed by atoms with Crippen LogP contribution in [0.25, 0.3) is 0 Å². The lowest BCUT2D eigenvalue weighted by Gasteiger charge is -2.11. The minimum absolute atomic E-state index is 0.564. The van der Waals surface area contributed by atoms with Gasteiger partial charge in [0.15, 0.2) is 0 Å². The molecule has 0 aliphatic heterocycles. The second-order valence-electron chi connectivity index (χ2n) is 4.81. The molecule has 0 saturated heterocycles. The quantitative estimate of drug-likeness (QED) is 0.889. The van der Waals surface area contributed by atoms with Crippen LogP contribution in [0, 0.1) is 13.8 Å². The highest BCUT2D eigenvalue weighted by Crippen LogP contribution is 2.23. The van der Waals surface area contributed by atoms with E-state index in [2.05, 4.69) is 32.0 Å². The molecule has 0 spiro atoms. The van der Waals surface area contributed by atoms with Crippen LogP contribution in [0.4, 0.5) is 0 Å². The molecular formula is C16H20O2. The van der Waals surface area contributed by atoms with Crippen molar-refractivity contribution in [3.05, 3.63) is 58.5 Å². The zero-order chi connectivity index (χ0) is 13.1. The van der Waals surface area contributed by atoms with Crippen LogP contribution in [0.15, 0.2) is 34.7 Å². The van der Waals surface area contributed by atoms with Crippen molar-refractivity contribution in [2.45, 2.75) is 39.7 Å². The average molecular weight is 244 g/mol. The summed E-state index contributed by atoms with van der Waals surface area (Å²) in [6.07, 6.45) is 0.895. The molecule has 1 N–H and O–H groups in total. The van der Waals surface area contributed by atoms with Crippen LogP contribution in [-0.4, -0.2) is 5.11 Å². The number of hydrogen-bond acceptors (Lipinski definition) is 2. The maximum Gasteiger partial charge on any atom is 0.133 e. The lowest BCUT2D eigenvalue weighted by atomic mass is 9.99. The van der Waals surface area contributed by atoms with Crippen molar-refractivity contribution < 1.29 is 9.52 Å². The lowest BCUT2D eigenvalue weighted by Crippen LogP contribution is -2.02. The summed E-state index contributed by atoms with van der Waals surface area (Å²) in [5.41, 5.74) is 3.61. The molecule has 2 heteroatoms. The number of benzene rings is 1. The molecule has 2 aromatic rings. The molecule has 96 valence electrons. The van der Waals surface area contributed by atoms with Gasteiger partial charge in [0.25, 0.3) is 0 Å². The van der Waals surface area contributed by atoms with Crippen molar-refractivity contribution in [1.29, 1.82) is 0 Å². The van der Waals surface area contributed by atoms with E-state index in [9.17, 15) is 5.11 Å². The van der Waals surface area contributed by atoms with E-state index in [1.54, 1.807) is 0 Å². The number of rotatable bonds is 4. The SMILES string of the molecule is CCc1ccc(C(O)Cc2cc(C)ccc2C)o1. The molecule has 0 aliphatic carbocycles. The third kappa shape index (κ3) is 2.82. The smallest absolute Gasteiger partial charge is 0.133 e. The molecule has 0 bridgehead atoms. The highest BCUT2D eigenvalue weighted by Gasteiger charge is 2.14. The molecule has 0 amide bonds. The van der Waals surface area contributed by atoms with E-state index in [4.69, 9.17) is 4.42 Å². The van der Waals surface area contributed by atoms with Gasteiger partial charge < -0.3 is 9.52 Å². The summed E-state index contributed by atoms with van der Waals surface area (Å²) < 4.78 is 5.59. The third-order valence-electron chi connectivity index (χ3n) is 3.28. The summed E-state index contributed by atoms with van der Waals surface area (Å²) in [5.74, 6) is 1.58. The Bertz CT molecular complexity index is 526. The Morgan fingerprint density at radius 1 is 1.17 bits per heavy atom. The van der Waals surface area contributed by atoms with Crippen LogP contribution >= 0.6 is 0 Å². The van der Waals surface area contributed by atoms with Crippen molar-refractivity contribution in [3.63, 3.8) is 0 Å². The number of furan rings is 1. The molecule has 0 radical (unpaired) electrons. The van der Waals surface area contributed by atoms with Crippen LogP contribution in [-0.2, 0) is 12.8 Å². The van der Waals surface area contributed by atoms with Crippen molar-refractivity contribution in [3.8, 4) is 0 Å². The molecule has 1 atom stereocenters. The summed E-state index contributed by atoms with van der Waals surface area (Å²) in [5, 5.41) is 10.2. The Morgan fingerprint density at radius 2 is 1.94 bits per heavy atom. The van der Waals surface area contributed by atoms with Crippen molar-refractivity contribution in [2.24, 2.45) is 0 Å². The molecular weight excluding hydrogens is 224 g/mol. The normalized spacial score (nSPS) is 12.7. The Morgan fingerprint density at radius 3 is 2.61 bits per heavy atom. The van der Waals surface area contributed by atoms with E-state index in [0.717, 1.165) is 12.2 Å². The monoisotopic (exact) mass is 244 g/mol. The summed E-state index contributed by atoms with van der Waals surface area (Å²) in [7, 11) is 0. The molecule has 1 heterocycles. The van der Waals surface area contributed by atoms with Crippen LogP contribution in [0.1, 0.15) is 41.2 Å². The maximum absolute atomic E-state index is 10.2. The Balaban J connectivity index is 2.15. The molecule has 0 fully saturated rings. The zero-order valence-corrected chi connectivity index (χ0v) is 11.2. The second-order valence-corrected chi connectivity index (χ2v) is 4.81. The molecule has 2 rings (SSSR count). The third-order valence-corrected chi connectivity index (χ3v) is 3.28. The number of aryl methyl sites for hydroxylation is 3. The van der Waals surface area contributed by atoms with Gasteiger partial charge in [0.2, 0.25) is 0 Å². The Hall–Kier alpha value is -1.54. The van der Waals surface area contributed by atoms with Crippen molar-refractivity contribution in [2.75, 3.05) is 0 Å². The highest BCUT2D eigenvalue weighted by molar-refractivity contribution is 5.31. The number of aliphatic hydroxyl groups is 1. The largest absolute Gasteiger partial charge is 0.463 e. The highest BCUT2D eigenvalue weighted by atomic mass is 16.4. The van der Waals surface area contributed by atoms with E-state index in [1.165, 1.54) is 16.7 Å². The standard InChI is InChI=1S/C16H20O2/c1-4-14-7-8-16(18-14)15(17)10-13-9-11(2)5-6-12(13)3/h5-9,15,17H,4,10H2,1-3H3. The molecule has 0 saturated carbocycles. The molecule has 1 unspecified atom stereocenters. The van der Waals surface area contributed by atoms with E-state index in [1.807, 2.05) is 19.1 Å². The maximum atomic E-state index is 10.2. The fraction of sp³-hybridized carbons (Fsp3) is 0.375. The number of hydrogen-bond donors (Lipinski definition) is 1. The van der Waals surface area contributed by atoms with Crippen LogP contribution in [0.2, 0.25) is 0 Å². The van der Waals surface area contributed by atoms with Gasteiger partial charge in [-0.05, 0) is 37.1 Å². The van der Waals surface area contributed by atoms with Crippen LogP contribution < -0.4 is 0 Å². The van der Waals surface area contributed by atoms with Gasteiger partial charge in [0, 0.05) is 12.8 Å². The predicted octanol–water partition coefficient (Wildman–Crippen LogP) is 3.73. The second kappa shape index (κ2) is 5.40. The van der Waals surface area contributed by atoms with Gasteiger partial charge in [0.05, 0.1) is 0 Å². The summed E-state index contributed by atoms with van der Waals surface area (Å²) in [4.78, 5) is 0. The Labute approximate surface area is 108 Å². The van der Waals surface area contributed by atoms with Gasteiger partial charge in [-0.25, -0.2) is 0 Å². The van der Waals surface area contributed by atoms with Gasteiger partial charge in [-0.2, -0.15) is 0 Å². The predicted molar refractivity (Wildman–Crippen MR) is 72.7 cm³/mol. The zero-order valence-electron chi connectivity index (χ0n) is 11.2. The van der Waals surface area contributed by atoms with E-state index in [-0.39, 0.29) is 0 Å². The van der Waals surface area contributed by atoms with Gasteiger partial charge in [-0.3, -0.25) is 0 Å².